The van der Waals surface area contributed by atoms with Crippen molar-refractivity contribution in [3.8, 4) is 10.7 Å². The van der Waals surface area contributed by atoms with Gasteiger partial charge in [0.15, 0.2) is 6.61 Å². The summed E-state index contributed by atoms with van der Waals surface area (Å²) in [6, 6.07) is 2.89. The van der Waals surface area contributed by atoms with Gasteiger partial charge in [-0.2, -0.15) is 4.98 Å². The van der Waals surface area contributed by atoms with E-state index in [1.807, 2.05) is 17.5 Å². The molecule has 0 aliphatic heterocycles. The van der Waals surface area contributed by atoms with E-state index in [9.17, 15) is 14.9 Å². The highest BCUT2D eigenvalue weighted by molar-refractivity contribution is 7.13. The van der Waals surface area contributed by atoms with Gasteiger partial charge in [-0.05, 0) is 11.4 Å². The Morgan fingerprint density at radius 2 is 2.50 bits per heavy atom. The summed E-state index contributed by atoms with van der Waals surface area (Å²) in [6.45, 7) is -0.169. The predicted octanol–water partition coefficient (Wildman–Crippen LogP) is 1.51. The van der Waals surface area contributed by atoms with Gasteiger partial charge >= 0.3 is 5.97 Å². The molecule has 0 N–H and O–H groups in total. The Hall–Kier alpha value is -2.29. The Balaban J connectivity index is 1.54. The smallest absolute Gasteiger partial charge is 0.316 e. The molecule has 9 heteroatoms. The SMILES string of the molecule is O=C(OCc1nc(-c2cccs2)no1)C1CC1[N+](=O)[O-]. The van der Waals surface area contributed by atoms with Crippen LogP contribution in [0.1, 0.15) is 12.3 Å². The molecule has 0 radical (unpaired) electrons. The number of nitrogens with zero attached hydrogens (tertiary/aromatic N) is 3. The minimum absolute atomic E-state index is 0.167. The molecule has 2 heterocycles. The van der Waals surface area contributed by atoms with Crippen LogP contribution in [0.4, 0.5) is 0 Å². The van der Waals surface area contributed by atoms with Gasteiger partial charge in [0, 0.05) is 11.3 Å². The monoisotopic (exact) mass is 295 g/mol. The van der Waals surface area contributed by atoms with Crippen LogP contribution in [0.2, 0.25) is 0 Å². The third-order valence-corrected chi connectivity index (χ3v) is 3.74. The minimum Gasteiger partial charge on any atom is -0.455 e. The maximum atomic E-state index is 11.5. The first-order chi connectivity index (χ1) is 9.65. The van der Waals surface area contributed by atoms with Crippen LogP contribution < -0.4 is 0 Å². The molecule has 1 fully saturated rings. The lowest BCUT2D eigenvalue weighted by Gasteiger charge is -1.98. The molecule has 0 amide bonds. The van der Waals surface area contributed by atoms with Crippen LogP contribution in [-0.2, 0) is 16.1 Å². The number of ether oxygens (including phenoxy) is 1. The van der Waals surface area contributed by atoms with Crippen molar-refractivity contribution in [2.24, 2.45) is 5.92 Å². The normalized spacial score (nSPS) is 20.6. The molecule has 0 aromatic carbocycles. The quantitative estimate of drug-likeness (QED) is 0.467. The largest absolute Gasteiger partial charge is 0.455 e. The molecule has 8 nitrogen and oxygen atoms in total. The van der Waals surface area contributed by atoms with E-state index in [0.717, 1.165) is 4.88 Å². The maximum Gasteiger partial charge on any atom is 0.316 e. The third kappa shape index (κ3) is 2.52. The van der Waals surface area contributed by atoms with E-state index in [2.05, 4.69) is 10.1 Å². The van der Waals surface area contributed by atoms with Gasteiger partial charge < -0.3 is 9.26 Å². The zero-order chi connectivity index (χ0) is 14.1. The number of thiophene rings is 1. The number of carbonyl (C=O) groups excluding carboxylic acids is 1. The average Bonchev–Trinajstić information content (AvgIpc) is 2.86. The van der Waals surface area contributed by atoms with E-state index in [4.69, 9.17) is 9.26 Å². The molecular formula is C11H9N3O5S. The second-order valence-electron chi connectivity index (χ2n) is 4.29. The zero-order valence-corrected chi connectivity index (χ0v) is 10.9. The molecule has 2 atom stereocenters. The number of aromatic nitrogens is 2. The number of carbonyl (C=O) groups is 1. The van der Waals surface area contributed by atoms with Crippen molar-refractivity contribution in [3.05, 3.63) is 33.5 Å². The number of nitro groups is 1. The lowest BCUT2D eigenvalue weighted by molar-refractivity contribution is -0.497. The fourth-order valence-electron chi connectivity index (χ4n) is 1.73. The van der Waals surface area contributed by atoms with Crippen molar-refractivity contribution >= 4 is 17.3 Å². The molecule has 3 rings (SSSR count). The Labute approximate surface area is 116 Å². The summed E-state index contributed by atoms with van der Waals surface area (Å²) < 4.78 is 9.87. The van der Waals surface area contributed by atoms with Gasteiger partial charge in [0.05, 0.1) is 4.88 Å². The van der Waals surface area contributed by atoms with Crippen LogP contribution in [0.3, 0.4) is 0 Å². The third-order valence-electron chi connectivity index (χ3n) is 2.88. The summed E-state index contributed by atoms with van der Waals surface area (Å²) in [5.74, 6) is -0.645. The van der Waals surface area contributed by atoms with Gasteiger partial charge in [-0.15, -0.1) is 11.3 Å². The molecule has 0 saturated heterocycles. The molecule has 0 spiro atoms. The van der Waals surface area contributed by atoms with E-state index in [1.54, 1.807) is 0 Å². The van der Waals surface area contributed by atoms with Crippen LogP contribution in [-0.4, -0.2) is 27.1 Å². The summed E-state index contributed by atoms with van der Waals surface area (Å²) in [4.78, 5) is 26.4. The first kappa shape index (κ1) is 12.7. The van der Waals surface area contributed by atoms with Gasteiger partial charge in [-0.25, -0.2) is 0 Å². The highest BCUT2D eigenvalue weighted by Gasteiger charge is 2.54. The van der Waals surface area contributed by atoms with E-state index in [1.165, 1.54) is 11.3 Å². The fourth-order valence-corrected chi connectivity index (χ4v) is 2.38. The summed E-state index contributed by atoms with van der Waals surface area (Å²) in [7, 11) is 0. The van der Waals surface area contributed by atoms with Crippen LogP contribution in [0.15, 0.2) is 22.0 Å². The van der Waals surface area contributed by atoms with Gasteiger partial charge in [-0.1, -0.05) is 11.2 Å². The van der Waals surface area contributed by atoms with E-state index < -0.39 is 22.9 Å². The second kappa shape index (κ2) is 5.00. The van der Waals surface area contributed by atoms with Crippen molar-refractivity contribution in [2.75, 3.05) is 0 Å². The number of rotatable bonds is 5. The van der Waals surface area contributed by atoms with Crippen LogP contribution in [0.5, 0.6) is 0 Å². The Morgan fingerprint density at radius 3 is 3.15 bits per heavy atom. The van der Waals surface area contributed by atoms with E-state index in [-0.39, 0.29) is 18.9 Å². The first-order valence-electron chi connectivity index (χ1n) is 5.82. The van der Waals surface area contributed by atoms with Gasteiger partial charge in [0.1, 0.15) is 5.92 Å². The van der Waals surface area contributed by atoms with Gasteiger partial charge in [0.2, 0.25) is 11.9 Å². The highest BCUT2D eigenvalue weighted by Crippen LogP contribution is 2.34. The van der Waals surface area contributed by atoms with Gasteiger partial charge in [0.25, 0.3) is 5.89 Å². The molecule has 1 aliphatic rings. The number of hydrogen-bond acceptors (Lipinski definition) is 8. The summed E-state index contributed by atoms with van der Waals surface area (Å²) in [5, 5.41) is 16.1. The first-order valence-corrected chi connectivity index (χ1v) is 6.69. The zero-order valence-electron chi connectivity index (χ0n) is 10.1. The molecule has 1 saturated carbocycles. The molecule has 2 unspecified atom stereocenters. The molecular weight excluding hydrogens is 286 g/mol. The minimum atomic E-state index is -0.813. The standard InChI is InChI=1S/C11H9N3O5S/c15-11(6-4-7(6)14(16)17)18-5-9-12-10(13-19-9)8-2-1-3-20-8/h1-3,6-7H,4-5H2. The van der Waals surface area contributed by atoms with Crippen LogP contribution in [0.25, 0.3) is 10.7 Å². The van der Waals surface area contributed by atoms with Crippen molar-refractivity contribution < 1.29 is 19.0 Å². The Kier molecular flexibility index (Phi) is 3.18. The Bertz CT molecular complexity index is 638. The average molecular weight is 295 g/mol. The van der Waals surface area contributed by atoms with Crippen molar-refractivity contribution in [1.29, 1.82) is 0 Å². The van der Waals surface area contributed by atoms with Crippen molar-refractivity contribution in [2.45, 2.75) is 19.1 Å². The van der Waals surface area contributed by atoms with Crippen molar-refractivity contribution in [1.82, 2.24) is 10.1 Å². The summed E-state index contributed by atoms with van der Waals surface area (Å²) in [5.41, 5.74) is 0. The molecule has 104 valence electrons. The van der Waals surface area contributed by atoms with Crippen molar-refractivity contribution in [3.63, 3.8) is 0 Å². The summed E-state index contributed by atoms with van der Waals surface area (Å²) in [6.07, 6.45) is 0.232. The van der Waals surface area contributed by atoms with Crippen LogP contribution in [0, 0.1) is 16.0 Å². The molecule has 2 aromatic heterocycles. The fraction of sp³-hybridized carbons (Fsp3) is 0.364. The summed E-state index contributed by atoms with van der Waals surface area (Å²) >= 11 is 1.46. The lowest BCUT2D eigenvalue weighted by atomic mass is 10.4. The van der Waals surface area contributed by atoms with E-state index in [0.29, 0.717) is 5.82 Å². The molecule has 2 aromatic rings. The lowest BCUT2D eigenvalue weighted by Crippen LogP contribution is -2.13. The van der Waals surface area contributed by atoms with Gasteiger partial charge in [-0.3, -0.25) is 14.9 Å². The Morgan fingerprint density at radius 1 is 1.65 bits per heavy atom. The molecule has 20 heavy (non-hydrogen) atoms. The highest BCUT2D eigenvalue weighted by atomic mass is 32.1. The second-order valence-corrected chi connectivity index (χ2v) is 5.24. The molecule has 0 bridgehead atoms. The molecule has 1 aliphatic carbocycles. The maximum absolute atomic E-state index is 11.5. The number of esters is 1. The number of hydrogen-bond donors (Lipinski definition) is 0. The van der Waals surface area contributed by atoms with Crippen LogP contribution >= 0.6 is 11.3 Å². The van der Waals surface area contributed by atoms with E-state index >= 15 is 0 Å². The topological polar surface area (TPSA) is 108 Å². The predicted molar refractivity (Wildman–Crippen MR) is 66.3 cm³/mol.